The molecule has 0 spiro atoms. The zero-order valence-electron chi connectivity index (χ0n) is 17.6. The number of aromatic amines is 1. The van der Waals surface area contributed by atoms with Crippen LogP contribution in [0.25, 0.3) is 11.0 Å². The van der Waals surface area contributed by atoms with Crippen molar-refractivity contribution in [2.45, 2.75) is 38.1 Å². The first-order valence-electron chi connectivity index (χ1n) is 11.0. The van der Waals surface area contributed by atoms with Gasteiger partial charge in [-0.05, 0) is 31.2 Å². The van der Waals surface area contributed by atoms with Gasteiger partial charge in [-0.15, -0.1) is 0 Å². The zero-order valence-corrected chi connectivity index (χ0v) is 17.6. The van der Waals surface area contributed by atoms with Gasteiger partial charge in [-0.25, -0.2) is 9.88 Å². The number of aromatic nitrogens is 2. The SMILES string of the molecule is CCOc1cccc(N2C(=O)C[C@H]([NH+]3CCC(c4nc5ccccc5[nH]4)CC3)C2=O)c1. The molecule has 2 aliphatic heterocycles. The second-order valence-electron chi connectivity index (χ2n) is 8.33. The number of fused-ring (bicyclic) bond motifs is 1. The highest BCUT2D eigenvalue weighted by Gasteiger charge is 2.46. The number of benzene rings is 2. The molecule has 3 heterocycles. The molecule has 2 aliphatic rings. The number of H-pyrrole nitrogens is 1. The van der Waals surface area contributed by atoms with E-state index in [1.54, 1.807) is 12.1 Å². The Kier molecular flexibility index (Phi) is 5.19. The van der Waals surface area contributed by atoms with Crippen LogP contribution in [0.4, 0.5) is 5.69 Å². The fraction of sp³-hybridized carbons (Fsp3) is 0.375. The molecule has 7 heteroatoms. The highest BCUT2D eigenvalue weighted by molar-refractivity contribution is 6.21. The monoisotopic (exact) mass is 419 g/mol. The summed E-state index contributed by atoms with van der Waals surface area (Å²) in [6.45, 7) is 4.17. The molecule has 2 saturated heterocycles. The molecule has 2 amide bonds. The Morgan fingerprint density at radius 3 is 2.71 bits per heavy atom. The standard InChI is InChI=1S/C24H26N4O3/c1-2-31-18-7-5-6-17(14-18)28-22(29)15-21(24(28)30)27-12-10-16(11-13-27)23-25-19-8-3-4-9-20(19)26-23/h3-9,14,16,21H,2,10-13,15H2,1H3,(H,25,26)/p+1/t21-/m0/s1. The number of anilines is 1. The van der Waals surface area contributed by atoms with E-state index in [0.29, 0.717) is 24.0 Å². The number of para-hydroxylation sites is 2. The van der Waals surface area contributed by atoms with Gasteiger partial charge in [-0.2, -0.15) is 0 Å². The Bertz CT molecular complexity index is 1080. The third kappa shape index (κ3) is 3.70. The first-order valence-corrected chi connectivity index (χ1v) is 11.0. The summed E-state index contributed by atoms with van der Waals surface area (Å²) >= 11 is 0. The van der Waals surface area contributed by atoms with Crippen LogP contribution in [0.3, 0.4) is 0 Å². The number of carbonyl (C=O) groups excluding carboxylic acids is 2. The number of ether oxygens (including phenoxy) is 1. The van der Waals surface area contributed by atoms with Crippen LogP contribution in [0, 0.1) is 0 Å². The Morgan fingerprint density at radius 1 is 1.13 bits per heavy atom. The molecule has 31 heavy (non-hydrogen) atoms. The first kappa shape index (κ1) is 19.8. The molecular weight excluding hydrogens is 392 g/mol. The van der Waals surface area contributed by atoms with Gasteiger partial charge in [0.05, 0.1) is 42.8 Å². The Morgan fingerprint density at radius 2 is 1.94 bits per heavy atom. The molecule has 160 valence electrons. The summed E-state index contributed by atoms with van der Waals surface area (Å²) in [4.78, 5) is 36.7. The Balaban J connectivity index is 1.27. The number of imide groups is 1. The maximum Gasteiger partial charge on any atom is 0.292 e. The van der Waals surface area contributed by atoms with E-state index in [-0.39, 0.29) is 24.3 Å². The van der Waals surface area contributed by atoms with Crippen LogP contribution >= 0.6 is 0 Å². The molecule has 0 radical (unpaired) electrons. The predicted octanol–water partition coefficient (Wildman–Crippen LogP) is 2.06. The predicted molar refractivity (Wildman–Crippen MR) is 117 cm³/mol. The van der Waals surface area contributed by atoms with Gasteiger partial charge in [0, 0.05) is 24.8 Å². The molecular formula is C24H27N4O3+. The quantitative estimate of drug-likeness (QED) is 0.621. The van der Waals surface area contributed by atoms with Crippen LogP contribution in [0.5, 0.6) is 5.75 Å². The second-order valence-corrected chi connectivity index (χ2v) is 8.33. The van der Waals surface area contributed by atoms with Crippen LogP contribution in [0.2, 0.25) is 0 Å². The number of nitrogens with zero attached hydrogens (tertiary/aromatic N) is 2. The van der Waals surface area contributed by atoms with Crippen LogP contribution in [-0.4, -0.2) is 47.5 Å². The molecule has 0 saturated carbocycles. The van der Waals surface area contributed by atoms with Gasteiger partial charge in [-0.3, -0.25) is 9.59 Å². The molecule has 0 bridgehead atoms. The minimum Gasteiger partial charge on any atom is -0.494 e. The van der Waals surface area contributed by atoms with Crippen LogP contribution in [-0.2, 0) is 9.59 Å². The van der Waals surface area contributed by atoms with Crippen molar-refractivity contribution in [3.63, 3.8) is 0 Å². The largest absolute Gasteiger partial charge is 0.494 e. The van der Waals surface area contributed by atoms with E-state index in [4.69, 9.17) is 9.72 Å². The average molecular weight is 420 g/mol. The zero-order chi connectivity index (χ0) is 21.4. The van der Waals surface area contributed by atoms with Gasteiger partial charge in [0.25, 0.3) is 5.91 Å². The van der Waals surface area contributed by atoms with Crippen LogP contribution < -0.4 is 14.5 Å². The molecule has 1 aromatic heterocycles. The minimum absolute atomic E-state index is 0.101. The van der Waals surface area contributed by atoms with Crippen molar-refractivity contribution in [3.8, 4) is 5.75 Å². The van der Waals surface area contributed by atoms with Crippen LogP contribution in [0.15, 0.2) is 48.5 Å². The van der Waals surface area contributed by atoms with E-state index in [9.17, 15) is 9.59 Å². The molecule has 0 aliphatic carbocycles. The highest BCUT2D eigenvalue weighted by Crippen LogP contribution is 2.28. The van der Waals surface area contributed by atoms with Crippen molar-refractivity contribution in [2.75, 3.05) is 24.6 Å². The molecule has 3 aromatic rings. The van der Waals surface area contributed by atoms with E-state index in [0.717, 1.165) is 42.8 Å². The van der Waals surface area contributed by atoms with E-state index >= 15 is 0 Å². The molecule has 7 nitrogen and oxygen atoms in total. The van der Waals surface area contributed by atoms with Gasteiger partial charge in [-0.1, -0.05) is 18.2 Å². The molecule has 0 unspecified atom stereocenters. The topological polar surface area (TPSA) is 79.7 Å². The van der Waals surface area contributed by atoms with E-state index < -0.39 is 0 Å². The third-order valence-corrected chi connectivity index (χ3v) is 6.45. The molecule has 2 N–H and O–H groups in total. The lowest BCUT2D eigenvalue weighted by Crippen LogP contribution is -3.17. The molecule has 1 atom stereocenters. The summed E-state index contributed by atoms with van der Waals surface area (Å²) in [6.07, 6.45) is 2.17. The van der Waals surface area contributed by atoms with Crippen molar-refractivity contribution < 1.29 is 19.2 Å². The fourth-order valence-electron chi connectivity index (χ4n) is 4.88. The number of piperidine rings is 1. The lowest BCUT2D eigenvalue weighted by molar-refractivity contribution is -0.920. The summed E-state index contributed by atoms with van der Waals surface area (Å²) in [5.41, 5.74) is 2.66. The van der Waals surface area contributed by atoms with Crippen molar-refractivity contribution in [1.29, 1.82) is 0 Å². The van der Waals surface area contributed by atoms with E-state index in [1.165, 1.54) is 9.80 Å². The Hall–Kier alpha value is -3.19. The number of imidazole rings is 1. The first-order chi connectivity index (χ1) is 15.1. The third-order valence-electron chi connectivity index (χ3n) is 6.45. The number of hydrogen-bond acceptors (Lipinski definition) is 4. The summed E-state index contributed by atoms with van der Waals surface area (Å²) in [5.74, 6) is 1.83. The molecule has 5 rings (SSSR count). The lowest BCUT2D eigenvalue weighted by Gasteiger charge is -2.31. The van der Waals surface area contributed by atoms with Gasteiger partial charge in [0.1, 0.15) is 11.6 Å². The number of hydrogen-bond donors (Lipinski definition) is 2. The maximum atomic E-state index is 13.2. The summed E-state index contributed by atoms with van der Waals surface area (Å²) in [6, 6.07) is 15.0. The van der Waals surface area contributed by atoms with Crippen molar-refractivity contribution in [2.24, 2.45) is 0 Å². The van der Waals surface area contributed by atoms with Gasteiger partial charge in [0.2, 0.25) is 5.91 Å². The van der Waals surface area contributed by atoms with E-state index in [1.807, 2.05) is 43.3 Å². The molecule has 2 fully saturated rings. The number of quaternary nitrogens is 1. The summed E-state index contributed by atoms with van der Waals surface area (Å²) in [5, 5.41) is 0. The highest BCUT2D eigenvalue weighted by atomic mass is 16.5. The number of rotatable bonds is 5. The fourth-order valence-corrected chi connectivity index (χ4v) is 4.88. The second kappa shape index (κ2) is 8.15. The van der Waals surface area contributed by atoms with Gasteiger partial charge >= 0.3 is 0 Å². The number of nitrogens with one attached hydrogen (secondary N) is 2. The summed E-state index contributed by atoms with van der Waals surface area (Å²) < 4.78 is 5.53. The number of amides is 2. The smallest absolute Gasteiger partial charge is 0.292 e. The molecule has 2 aromatic carbocycles. The average Bonchev–Trinajstić information content (AvgIpc) is 3.35. The van der Waals surface area contributed by atoms with Gasteiger partial charge in [0.15, 0.2) is 6.04 Å². The number of carbonyl (C=O) groups is 2. The van der Waals surface area contributed by atoms with Gasteiger partial charge < -0.3 is 14.6 Å². The normalized spacial score (nSPS) is 24.2. The lowest BCUT2D eigenvalue weighted by atomic mass is 9.95. The van der Waals surface area contributed by atoms with Crippen molar-refractivity contribution in [1.82, 2.24) is 9.97 Å². The summed E-state index contributed by atoms with van der Waals surface area (Å²) in [7, 11) is 0. The minimum atomic E-state index is -0.306. The van der Waals surface area contributed by atoms with Crippen molar-refractivity contribution in [3.05, 3.63) is 54.4 Å². The van der Waals surface area contributed by atoms with E-state index in [2.05, 4.69) is 4.98 Å². The number of likely N-dealkylation sites (tertiary alicyclic amines) is 1. The van der Waals surface area contributed by atoms with Crippen molar-refractivity contribution >= 4 is 28.5 Å². The van der Waals surface area contributed by atoms with Crippen LogP contribution in [0.1, 0.15) is 37.9 Å². The maximum absolute atomic E-state index is 13.2. The Labute approximate surface area is 181 Å².